The SMILES string of the molecule is C=C1C2=C3/C=C\N(C4Nc5ccccc5NC4c4ccccc4)c4cccc(c41)-c1ccccc1N2C(c1ccccc1)N3. The van der Waals surface area contributed by atoms with Gasteiger partial charge in [0.15, 0.2) is 0 Å². The van der Waals surface area contributed by atoms with Crippen molar-refractivity contribution in [2.24, 2.45) is 0 Å². The molecule has 5 heteroatoms. The van der Waals surface area contributed by atoms with Gasteiger partial charge < -0.3 is 25.8 Å². The highest BCUT2D eigenvalue weighted by Gasteiger charge is 2.42. The van der Waals surface area contributed by atoms with E-state index in [2.05, 4.69) is 165 Å². The van der Waals surface area contributed by atoms with Crippen LogP contribution in [0.25, 0.3) is 16.7 Å². The highest BCUT2D eigenvalue weighted by molar-refractivity contribution is 6.03. The zero-order valence-electron chi connectivity index (χ0n) is 24.1. The second-order valence-electron chi connectivity index (χ2n) is 11.7. The van der Waals surface area contributed by atoms with Crippen molar-refractivity contribution in [3.63, 3.8) is 0 Å². The standard InChI is InChI=1S/C39H31N5/c1-25-35-29-18-12-22-34(35)43(39-36(26-13-4-2-5-14-26)40-30-19-9-10-20-31(30)41-39)24-23-32-37(25)44(33-21-11-8-17-28(29)33)38(42-32)27-15-6-3-7-16-27/h2-24,36,38-42H,1H2/b24-23-. The molecule has 3 atom stereocenters. The van der Waals surface area contributed by atoms with Crippen LogP contribution in [0.5, 0.6) is 0 Å². The van der Waals surface area contributed by atoms with Gasteiger partial charge in [0.1, 0.15) is 12.3 Å². The number of fused-ring (bicyclic) bond motifs is 4. The van der Waals surface area contributed by atoms with Gasteiger partial charge in [-0.2, -0.15) is 0 Å². The van der Waals surface area contributed by atoms with Gasteiger partial charge in [-0.15, -0.1) is 0 Å². The van der Waals surface area contributed by atoms with E-state index in [1.54, 1.807) is 0 Å². The number of hydrogen-bond donors (Lipinski definition) is 3. The Hall–Kier alpha value is -5.68. The lowest BCUT2D eigenvalue weighted by molar-refractivity contribution is 0.605. The van der Waals surface area contributed by atoms with Crippen molar-refractivity contribution in [1.29, 1.82) is 0 Å². The lowest BCUT2D eigenvalue weighted by Gasteiger charge is -2.43. The summed E-state index contributed by atoms with van der Waals surface area (Å²) in [7, 11) is 0. The molecular weight excluding hydrogens is 538 g/mol. The van der Waals surface area contributed by atoms with Crippen molar-refractivity contribution in [1.82, 2.24) is 5.32 Å². The molecule has 3 unspecified atom stereocenters. The topological polar surface area (TPSA) is 42.6 Å². The quantitative estimate of drug-likeness (QED) is 0.203. The fourth-order valence-electron chi connectivity index (χ4n) is 7.29. The fourth-order valence-corrected chi connectivity index (χ4v) is 7.29. The first-order valence-corrected chi connectivity index (χ1v) is 15.2. The van der Waals surface area contributed by atoms with Crippen molar-refractivity contribution >= 4 is 28.3 Å². The molecule has 0 fully saturated rings. The highest BCUT2D eigenvalue weighted by atomic mass is 15.4. The molecule has 9 rings (SSSR count). The molecule has 0 aliphatic carbocycles. The van der Waals surface area contributed by atoms with E-state index in [1.165, 1.54) is 27.9 Å². The summed E-state index contributed by atoms with van der Waals surface area (Å²) in [5, 5.41) is 11.7. The van der Waals surface area contributed by atoms with E-state index in [-0.39, 0.29) is 18.4 Å². The third-order valence-corrected chi connectivity index (χ3v) is 9.24. The Kier molecular flexibility index (Phi) is 5.47. The van der Waals surface area contributed by atoms with Crippen LogP contribution in [0.2, 0.25) is 0 Å². The van der Waals surface area contributed by atoms with E-state index in [4.69, 9.17) is 6.58 Å². The third-order valence-electron chi connectivity index (χ3n) is 9.24. The molecule has 4 heterocycles. The smallest absolute Gasteiger partial charge is 0.130 e. The zero-order chi connectivity index (χ0) is 29.2. The molecule has 0 saturated carbocycles. The lowest BCUT2D eigenvalue weighted by atomic mass is 9.90. The molecule has 0 radical (unpaired) electrons. The monoisotopic (exact) mass is 569 g/mol. The molecule has 44 heavy (non-hydrogen) atoms. The molecule has 5 nitrogen and oxygen atoms in total. The van der Waals surface area contributed by atoms with Crippen LogP contribution in [0.4, 0.5) is 22.7 Å². The summed E-state index contributed by atoms with van der Waals surface area (Å²) < 4.78 is 0. The summed E-state index contributed by atoms with van der Waals surface area (Å²) in [4.78, 5) is 4.83. The van der Waals surface area contributed by atoms with Gasteiger partial charge in [-0.05, 0) is 47.0 Å². The average molecular weight is 570 g/mol. The zero-order valence-corrected chi connectivity index (χ0v) is 24.1. The maximum atomic E-state index is 4.82. The predicted octanol–water partition coefficient (Wildman–Crippen LogP) is 8.64. The maximum absolute atomic E-state index is 4.82. The number of anilines is 4. The molecule has 5 aromatic carbocycles. The number of benzene rings is 5. The number of hydrogen-bond acceptors (Lipinski definition) is 5. The normalized spacial score (nSPS) is 21.5. The molecule has 0 saturated heterocycles. The van der Waals surface area contributed by atoms with Crippen LogP contribution in [0.15, 0.2) is 158 Å². The van der Waals surface area contributed by atoms with Gasteiger partial charge in [0, 0.05) is 22.9 Å². The van der Waals surface area contributed by atoms with E-state index in [1.807, 2.05) is 0 Å². The van der Waals surface area contributed by atoms with Crippen LogP contribution in [0.1, 0.15) is 28.9 Å². The fraction of sp³-hybridized carbons (Fsp3) is 0.0769. The van der Waals surface area contributed by atoms with E-state index in [9.17, 15) is 0 Å². The first-order valence-electron chi connectivity index (χ1n) is 15.2. The van der Waals surface area contributed by atoms with E-state index in [0.717, 1.165) is 39.6 Å². The number of nitrogens with one attached hydrogen (secondary N) is 3. The van der Waals surface area contributed by atoms with Crippen molar-refractivity contribution < 1.29 is 0 Å². The van der Waals surface area contributed by atoms with Crippen LogP contribution < -0.4 is 25.8 Å². The van der Waals surface area contributed by atoms with Gasteiger partial charge in [-0.25, -0.2) is 0 Å². The van der Waals surface area contributed by atoms with Crippen LogP contribution in [0, 0.1) is 0 Å². The van der Waals surface area contributed by atoms with Crippen LogP contribution in [-0.4, -0.2) is 6.17 Å². The van der Waals surface area contributed by atoms with Crippen molar-refractivity contribution in [2.75, 3.05) is 20.4 Å². The minimum absolute atomic E-state index is 0.0177. The van der Waals surface area contributed by atoms with Gasteiger partial charge in [-0.3, -0.25) is 0 Å². The first kappa shape index (κ1) is 24.9. The van der Waals surface area contributed by atoms with Crippen molar-refractivity contribution in [3.8, 4) is 11.1 Å². The maximum Gasteiger partial charge on any atom is 0.130 e. The van der Waals surface area contributed by atoms with Crippen LogP contribution >= 0.6 is 0 Å². The summed E-state index contributed by atoms with van der Waals surface area (Å²) in [5.41, 5.74) is 13.6. The molecule has 0 aromatic heterocycles. The van der Waals surface area contributed by atoms with Crippen LogP contribution in [0.3, 0.4) is 0 Å². The predicted molar refractivity (Wildman–Crippen MR) is 181 cm³/mol. The summed E-state index contributed by atoms with van der Waals surface area (Å²) in [6, 6.07) is 45.3. The Morgan fingerprint density at radius 2 is 1.20 bits per heavy atom. The van der Waals surface area contributed by atoms with E-state index < -0.39 is 0 Å². The number of allylic oxidation sites excluding steroid dienone is 2. The van der Waals surface area contributed by atoms with E-state index >= 15 is 0 Å². The second kappa shape index (κ2) is 9.68. The largest absolute Gasteiger partial charge is 0.373 e. The molecule has 212 valence electrons. The number of rotatable bonds is 3. The van der Waals surface area contributed by atoms with Crippen molar-refractivity contribution in [3.05, 3.63) is 174 Å². The van der Waals surface area contributed by atoms with Crippen LogP contribution in [-0.2, 0) is 0 Å². The first-order chi connectivity index (χ1) is 21.8. The Morgan fingerprint density at radius 1 is 0.568 bits per heavy atom. The molecule has 5 aromatic rings. The molecule has 0 spiro atoms. The average Bonchev–Trinajstić information content (AvgIpc) is 3.41. The van der Waals surface area contributed by atoms with Crippen molar-refractivity contribution in [2.45, 2.75) is 18.4 Å². The molecule has 4 aliphatic heterocycles. The van der Waals surface area contributed by atoms with Gasteiger partial charge >= 0.3 is 0 Å². The van der Waals surface area contributed by atoms with Gasteiger partial charge in [0.25, 0.3) is 0 Å². The Morgan fingerprint density at radius 3 is 2.00 bits per heavy atom. The highest BCUT2D eigenvalue weighted by Crippen LogP contribution is 2.53. The Balaban J connectivity index is 1.28. The minimum atomic E-state index is -0.120. The van der Waals surface area contributed by atoms with Gasteiger partial charge in [0.05, 0.1) is 40.2 Å². The third kappa shape index (κ3) is 3.66. The minimum Gasteiger partial charge on any atom is -0.373 e. The number of para-hydroxylation sites is 3. The lowest BCUT2D eigenvalue weighted by Crippen LogP contribution is -2.48. The van der Waals surface area contributed by atoms with Gasteiger partial charge in [0.2, 0.25) is 0 Å². The summed E-state index contributed by atoms with van der Waals surface area (Å²) in [6.07, 6.45) is 4.28. The molecule has 3 N–H and O–H groups in total. The molecule has 0 amide bonds. The second-order valence-corrected chi connectivity index (χ2v) is 11.7. The molecular formula is C39H31N5. The molecule has 2 bridgehead atoms. The Bertz CT molecular complexity index is 1990. The summed E-state index contributed by atoms with van der Waals surface area (Å²) in [5.74, 6) is 0. The molecule has 4 aliphatic rings. The summed E-state index contributed by atoms with van der Waals surface area (Å²) in [6.45, 7) is 4.82. The van der Waals surface area contributed by atoms with Gasteiger partial charge in [-0.1, -0.05) is 110 Å². The van der Waals surface area contributed by atoms with E-state index in [0.29, 0.717) is 0 Å². The number of nitrogens with zero attached hydrogens (tertiary/aromatic N) is 2. The Labute approximate surface area is 257 Å². The summed E-state index contributed by atoms with van der Waals surface area (Å²) >= 11 is 0.